The van der Waals surface area contributed by atoms with Crippen molar-refractivity contribution in [1.29, 1.82) is 0 Å². The van der Waals surface area contributed by atoms with Gasteiger partial charge in [0.05, 0.1) is 5.56 Å². The molecule has 1 aromatic carbocycles. The van der Waals surface area contributed by atoms with Crippen LogP contribution >= 0.6 is 0 Å². The Morgan fingerprint density at radius 2 is 1.94 bits per heavy atom. The van der Waals surface area contributed by atoms with E-state index >= 15 is 0 Å². The number of rotatable bonds is 6. The van der Waals surface area contributed by atoms with E-state index in [2.05, 4.69) is 0 Å². The van der Waals surface area contributed by atoms with E-state index in [9.17, 15) is 14.7 Å². The SMILES string of the molecule is CC(=O)CC(C)CCC(=O)c1ccccc1O. The van der Waals surface area contributed by atoms with E-state index in [1.54, 1.807) is 25.1 Å². The highest BCUT2D eigenvalue weighted by Gasteiger charge is 2.12. The van der Waals surface area contributed by atoms with Crippen molar-refractivity contribution in [1.82, 2.24) is 0 Å². The third kappa shape index (κ3) is 4.39. The molecule has 0 aromatic heterocycles. The Labute approximate surface area is 101 Å². The molecule has 0 fully saturated rings. The van der Waals surface area contributed by atoms with Crippen molar-refractivity contribution in [2.24, 2.45) is 5.92 Å². The molecule has 0 saturated heterocycles. The van der Waals surface area contributed by atoms with Crippen molar-refractivity contribution in [2.45, 2.75) is 33.1 Å². The highest BCUT2D eigenvalue weighted by molar-refractivity contribution is 5.98. The summed E-state index contributed by atoms with van der Waals surface area (Å²) in [5, 5.41) is 9.52. The molecule has 1 N–H and O–H groups in total. The van der Waals surface area contributed by atoms with Gasteiger partial charge in [0.1, 0.15) is 11.5 Å². The topological polar surface area (TPSA) is 54.4 Å². The number of hydrogen-bond acceptors (Lipinski definition) is 3. The van der Waals surface area contributed by atoms with Gasteiger partial charge in [-0.3, -0.25) is 4.79 Å². The number of carbonyl (C=O) groups excluding carboxylic acids is 2. The largest absolute Gasteiger partial charge is 0.507 e. The molecule has 17 heavy (non-hydrogen) atoms. The van der Waals surface area contributed by atoms with Gasteiger partial charge in [-0.1, -0.05) is 19.1 Å². The average Bonchev–Trinajstić information content (AvgIpc) is 2.25. The first-order valence-corrected chi connectivity index (χ1v) is 5.81. The lowest BCUT2D eigenvalue weighted by Crippen LogP contribution is -2.06. The van der Waals surface area contributed by atoms with E-state index < -0.39 is 0 Å². The highest BCUT2D eigenvalue weighted by Crippen LogP contribution is 2.20. The first-order chi connectivity index (χ1) is 8.00. The monoisotopic (exact) mass is 234 g/mol. The molecule has 3 heteroatoms. The minimum Gasteiger partial charge on any atom is -0.507 e. The maximum atomic E-state index is 11.8. The molecule has 0 aliphatic heterocycles. The normalized spacial score (nSPS) is 12.1. The molecule has 3 nitrogen and oxygen atoms in total. The van der Waals surface area contributed by atoms with Crippen LogP contribution in [0, 0.1) is 5.92 Å². The smallest absolute Gasteiger partial charge is 0.166 e. The fourth-order valence-corrected chi connectivity index (χ4v) is 1.81. The van der Waals surface area contributed by atoms with Gasteiger partial charge in [-0.25, -0.2) is 0 Å². The number of phenolic OH excluding ortho intramolecular Hbond substituents is 1. The van der Waals surface area contributed by atoms with Crippen LogP contribution in [0.5, 0.6) is 5.75 Å². The Kier molecular flexibility index (Phi) is 4.88. The number of benzene rings is 1. The van der Waals surface area contributed by atoms with E-state index in [1.165, 1.54) is 6.07 Å². The Hall–Kier alpha value is -1.64. The molecule has 1 unspecified atom stereocenters. The molecule has 92 valence electrons. The standard InChI is InChI=1S/C14H18O3/c1-10(9-11(2)15)7-8-14(17)12-5-3-4-6-13(12)16/h3-6,10,16H,7-9H2,1-2H3. The third-order valence-corrected chi connectivity index (χ3v) is 2.70. The molecular formula is C14H18O3. The number of para-hydroxylation sites is 1. The van der Waals surface area contributed by atoms with Crippen LogP contribution in [0.15, 0.2) is 24.3 Å². The van der Waals surface area contributed by atoms with Gasteiger partial charge in [0, 0.05) is 12.8 Å². The molecular weight excluding hydrogens is 216 g/mol. The molecule has 0 aliphatic carbocycles. The summed E-state index contributed by atoms with van der Waals surface area (Å²) in [6, 6.07) is 6.54. The van der Waals surface area contributed by atoms with Crippen LogP contribution in [0.25, 0.3) is 0 Å². The number of carbonyl (C=O) groups is 2. The van der Waals surface area contributed by atoms with Crippen molar-refractivity contribution in [3.05, 3.63) is 29.8 Å². The van der Waals surface area contributed by atoms with Crippen LogP contribution in [-0.2, 0) is 4.79 Å². The van der Waals surface area contributed by atoms with Crippen molar-refractivity contribution < 1.29 is 14.7 Å². The summed E-state index contributed by atoms with van der Waals surface area (Å²) in [5.41, 5.74) is 0.363. The zero-order chi connectivity index (χ0) is 12.8. The number of Topliss-reactive ketones (excluding diaryl/α,β-unsaturated/α-hetero) is 2. The van der Waals surface area contributed by atoms with Crippen LogP contribution in [0.4, 0.5) is 0 Å². The Morgan fingerprint density at radius 3 is 2.53 bits per heavy atom. The lowest BCUT2D eigenvalue weighted by atomic mass is 9.96. The Bertz CT molecular complexity index is 410. The van der Waals surface area contributed by atoms with Gasteiger partial charge in [0.2, 0.25) is 0 Å². The zero-order valence-corrected chi connectivity index (χ0v) is 10.3. The van der Waals surface area contributed by atoms with E-state index in [0.29, 0.717) is 24.8 Å². The first-order valence-electron chi connectivity index (χ1n) is 5.81. The Morgan fingerprint density at radius 1 is 1.29 bits per heavy atom. The second-order valence-corrected chi connectivity index (χ2v) is 4.49. The predicted molar refractivity (Wildman–Crippen MR) is 66.1 cm³/mol. The number of ketones is 2. The van der Waals surface area contributed by atoms with Crippen molar-refractivity contribution >= 4 is 11.6 Å². The van der Waals surface area contributed by atoms with Crippen LogP contribution in [0.3, 0.4) is 0 Å². The lowest BCUT2D eigenvalue weighted by Gasteiger charge is -2.08. The minimum absolute atomic E-state index is 0.0247. The fourth-order valence-electron chi connectivity index (χ4n) is 1.81. The maximum Gasteiger partial charge on any atom is 0.166 e. The predicted octanol–water partition coefficient (Wildman–Crippen LogP) is 2.97. The van der Waals surface area contributed by atoms with Crippen LogP contribution in [-0.4, -0.2) is 16.7 Å². The molecule has 0 radical (unpaired) electrons. The van der Waals surface area contributed by atoms with Crippen molar-refractivity contribution in [3.63, 3.8) is 0 Å². The average molecular weight is 234 g/mol. The molecule has 0 amide bonds. The van der Waals surface area contributed by atoms with E-state index in [-0.39, 0.29) is 23.2 Å². The van der Waals surface area contributed by atoms with Gasteiger partial charge in [-0.2, -0.15) is 0 Å². The first kappa shape index (κ1) is 13.4. The summed E-state index contributed by atoms with van der Waals surface area (Å²) in [7, 11) is 0. The van der Waals surface area contributed by atoms with Gasteiger partial charge in [0.25, 0.3) is 0 Å². The molecule has 0 aliphatic rings. The fraction of sp³-hybridized carbons (Fsp3) is 0.429. The summed E-state index contributed by atoms with van der Waals surface area (Å²) >= 11 is 0. The summed E-state index contributed by atoms with van der Waals surface area (Å²) < 4.78 is 0. The van der Waals surface area contributed by atoms with Gasteiger partial charge in [-0.05, 0) is 31.4 Å². The lowest BCUT2D eigenvalue weighted by molar-refractivity contribution is -0.117. The van der Waals surface area contributed by atoms with E-state index in [4.69, 9.17) is 0 Å². The van der Waals surface area contributed by atoms with Crippen molar-refractivity contribution in [3.8, 4) is 5.75 Å². The molecule has 0 spiro atoms. The maximum absolute atomic E-state index is 11.8. The van der Waals surface area contributed by atoms with Crippen LogP contribution < -0.4 is 0 Å². The summed E-state index contributed by atoms with van der Waals surface area (Å²) in [6.07, 6.45) is 1.55. The van der Waals surface area contributed by atoms with Gasteiger partial charge in [-0.15, -0.1) is 0 Å². The molecule has 0 saturated carbocycles. The van der Waals surface area contributed by atoms with Gasteiger partial charge in [0.15, 0.2) is 5.78 Å². The molecule has 0 heterocycles. The molecule has 1 rings (SSSR count). The minimum atomic E-state index is -0.0708. The van der Waals surface area contributed by atoms with E-state index in [0.717, 1.165) is 0 Å². The second-order valence-electron chi connectivity index (χ2n) is 4.49. The van der Waals surface area contributed by atoms with E-state index in [1.807, 2.05) is 6.92 Å². The van der Waals surface area contributed by atoms with Gasteiger partial charge < -0.3 is 9.90 Å². The quantitative estimate of drug-likeness (QED) is 0.770. The summed E-state index contributed by atoms with van der Waals surface area (Å²) in [6.45, 7) is 3.51. The molecule has 1 atom stereocenters. The van der Waals surface area contributed by atoms with Crippen LogP contribution in [0.1, 0.15) is 43.5 Å². The van der Waals surface area contributed by atoms with Crippen LogP contribution in [0.2, 0.25) is 0 Å². The van der Waals surface area contributed by atoms with Gasteiger partial charge >= 0.3 is 0 Å². The number of aromatic hydroxyl groups is 1. The zero-order valence-electron chi connectivity index (χ0n) is 10.3. The number of phenols is 1. The molecule has 0 bridgehead atoms. The highest BCUT2D eigenvalue weighted by atomic mass is 16.3. The molecule has 1 aromatic rings. The summed E-state index contributed by atoms with van der Waals surface area (Å²) in [4.78, 5) is 22.7. The third-order valence-electron chi connectivity index (χ3n) is 2.70. The summed E-state index contributed by atoms with van der Waals surface area (Å²) in [5.74, 6) is 0.310. The second kappa shape index (κ2) is 6.18. The van der Waals surface area contributed by atoms with Crippen molar-refractivity contribution in [2.75, 3.05) is 0 Å². The number of hydrogen-bond donors (Lipinski definition) is 1. The Balaban J connectivity index is 2.51.